The van der Waals surface area contributed by atoms with Crippen molar-refractivity contribution in [2.24, 2.45) is 0 Å². The Hall–Kier alpha value is -2.71. The van der Waals surface area contributed by atoms with Crippen LogP contribution in [0.3, 0.4) is 0 Å². The molecule has 9 nitrogen and oxygen atoms in total. The second-order valence-electron chi connectivity index (χ2n) is 6.21. The van der Waals surface area contributed by atoms with Crippen molar-refractivity contribution in [3.05, 3.63) is 30.1 Å². The van der Waals surface area contributed by atoms with Crippen molar-refractivity contribution in [3.63, 3.8) is 0 Å². The van der Waals surface area contributed by atoms with E-state index < -0.39 is 17.9 Å². The first-order chi connectivity index (χ1) is 12.2. The van der Waals surface area contributed by atoms with Crippen molar-refractivity contribution < 1.29 is 14.3 Å². The number of carbonyl (C=O) groups is 2. The minimum Gasteiger partial charge on any atom is -0.467 e. The van der Waals surface area contributed by atoms with E-state index in [4.69, 9.17) is 4.74 Å². The van der Waals surface area contributed by atoms with Crippen LogP contribution >= 0.6 is 0 Å². The monoisotopic (exact) mass is 346 g/mol. The van der Waals surface area contributed by atoms with E-state index in [9.17, 15) is 9.59 Å². The normalized spacial score (nSPS) is 16.4. The molecule has 2 heterocycles. The Morgan fingerprint density at radius 3 is 2.88 bits per heavy atom. The van der Waals surface area contributed by atoms with Crippen LogP contribution in [0.2, 0.25) is 0 Å². The lowest BCUT2D eigenvalue weighted by molar-refractivity contribution is -0.142. The Labute approximate surface area is 145 Å². The maximum atomic E-state index is 12.4. The molecule has 2 N–H and O–H groups in total. The number of aromatic nitrogens is 5. The first-order valence-corrected chi connectivity index (χ1v) is 8.45. The smallest absolute Gasteiger partial charge is 0.328 e. The first kappa shape index (κ1) is 17.1. The standard InChI is InChI=1S/C16H22N6O3/c1-25-16(24)13(7-11-8-17-10-18-11)19-15(23)14-9-22(21-20-14)12-5-3-2-4-6-12/h8-10,12-13H,2-7H2,1H3,(H,17,18)(H,19,23)/t13-/m0/s1. The second kappa shape index (κ2) is 7.91. The van der Waals surface area contributed by atoms with Gasteiger partial charge >= 0.3 is 5.97 Å². The molecule has 134 valence electrons. The number of aromatic amines is 1. The van der Waals surface area contributed by atoms with Crippen molar-refractivity contribution in [1.29, 1.82) is 0 Å². The molecule has 0 aromatic carbocycles. The highest BCUT2D eigenvalue weighted by Crippen LogP contribution is 2.27. The summed E-state index contributed by atoms with van der Waals surface area (Å²) in [6.07, 6.45) is 10.7. The molecule has 0 aliphatic heterocycles. The molecule has 1 saturated carbocycles. The number of ether oxygens (including phenoxy) is 1. The summed E-state index contributed by atoms with van der Waals surface area (Å²) in [5.74, 6) is -0.973. The van der Waals surface area contributed by atoms with Gasteiger partial charge in [-0.2, -0.15) is 0 Å². The number of methoxy groups -OCH3 is 1. The molecule has 9 heteroatoms. The molecule has 2 aromatic rings. The summed E-state index contributed by atoms with van der Waals surface area (Å²) in [5, 5.41) is 10.7. The lowest BCUT2D eigenvalue weighted by atomic mass is 9.96. The Morgan fingerprint density at radius 2 is 2.20 bits per heavy atom. The first-order valence-electron chi connectivity index (χ1n) is 8.45. The third kappa shape index (κ3) is 4.23. The number of hydrogen-bond donors (Lipinski definition) is 2. The quantitative estimate of drug-likeness (QED) is 0.755. The van der Waals surface area contributed by atoms with Gasteiger partial charge < -0.3 is 15.0 Å². The minimum atomic E-state index is -0.821. The molecule has 1 fully saturated rings. The predicted octanol–water partition coefficient (Wildman–Crippen LogP) is 1.02. The Morgan fingerprint density at radius 1 is 1.40 bits per heavy atom. The number of rotatable bonds is 6. The van der Waals surface area contributed by atoms with Crippen LogP contribution in [-0.2, 0) is 16.0 Å². The molecule has 1 aliphatic rings. The van der Waals surface area contributed by atoms with Gasteiger partial charge in [0.15, 0.2) is 5.69 Å². The van der Waals surface area contributed by atoms with Gasteiger partial charge in [-0.15, -0.1) is 5.10 Å². The number of carbonyl (C=O) groups excluding carboxylic acids is 2. The van der Waals surface area contributed by atoms with E-state index in [2.05, 4.69) is 25.6 Å². The number of H-pyrrole nitrogens is 1. The highest BCUT2D eigenvalue weighted by molar-refractivity contribution is 5.94. The number of amides is 1. The number of esters is 1. The van der Waals surface area contributed by atoms with Crippen LogP contribution in [0.5, 0.6) is 0 Å². The minimum absolute atomic E-state index is 0.198. The summed E-state index contributed by atoms with van der Waals surface area (Å²) >= 11 is 0. The van der Waals surface area contributed by atoms with Gasteiger partial charge in [-0.3, -0.25) is 4.79 Å². The second-order valence-corrected chi connectivity index (χ2v) is 6.21. The molecule has 0 bridgehead atoms. The summed E-state index contributed by atoms with van der Waals surface area (Å²) in [6.45, 7) is 0. The van der Waals surface area contributed by atoms with Gasteiger partial charge in [0.25, 0.3) is 5.91 Å². The summed E-state index contributed by atoms with van der Waals surface area (Å²) < 4.78 is 6.53. The predicted molar refractivity (Wildman–Crippen MR) is 87.7 cm³/mol. The van der Waals surface area contributed by atoms with E-state index in [-0.39, 0.29) is 12.1 Å². The van der Waals surface area contributed by atoms with Crippen molar-refractivity contribution in [3.8, 4) is 0 Å². The van der Waals surface area contributed by atoms with Crippen LogP contribution in [-0.4, -0.2) is 50.0 Å². The number of hydrogen-bond acceptors (Lipinski definition) is 6. The van der Waals surface area contributed by atoms with E-state index >= 15 is 0 Å². The largest absolute Gasteiger partial charge is 0.467 e. The molecule has 0 radical (unpaired) electrons. The summed E-state index contributed by atoms with van der Waals surface area (Å²) in [4.78, 5) is 31.2. The lowest BCUT2D eigenvalue weighted by Gasteiger charge is -2.20. The summed E-state index contributed by atoms with van der Waals surface area (Å²) in [7, 11) is 1.29. The Balaban J connectivity index is 1.66. The van der Waals surface area contributed by atoms with E-state index in [0.717, 1.165) is 18.5 Å². The number of imidazole rings is 1. The van der Waals surface area contributed by atoms with Crippen molar-refractivity contribution >= 4 is 11.9 Å². The SMILES string of the molecule is COC(=O)[C@H](Cc1cnc[nH]1)NC(=O)c1cn(C2CCCCC2)nn1. The fourth-order valence-electron chi connectivity index (χ4n) is 3.09. The zero-order valence-corrected chi connectivity index (χ0v) is 14.1. The maximum Gasteiger partial charge on any atom is 0.328 e. The molecule has 0 saturated heterocycles. The highest BCUT2D eigenvalue weighted by Gasteiger charge is 2.25. The van der Waals surface area contributed by atoms with Gasteiger partial charge in [0.2, 0.25) is 0 Å². The lowest BCUT2D eigenvalue weighted by Crippen LogP contribution is -2.43. The van der Waals surface area contributed by atoms with E-state index in [1.807, 2.05) is 0 Å². The van der Waals surface area contributed by atoms with Gasteiger partial charge in [0.1, 0.15) is 6.04 Å². The van der Waals surface area contributed by atoms with Gasteiger partial charge in [-0.1, -0.05) is 24.5 Å². The molecular formula is C16H22N6O3. The maximum absolute atomic E-state index is 12.4. The third-order valence-electron chi connectivity index (χ3n) is 4.46. The van der Waals surface area contributed by atoms with Crippen LogP contribution in [0.4, 0.5) is 0 Å². The molecule has 2 aromatic heterocycles. The topological polar surface area (TPSA) is 115 Å². The van der Waals surface area contributed by atoms with Crippen molar-refractivity contribution in [1.82, 2.24) is 30.3 Å². The molecular weight excluding hydrogens is 324 g/mol. The third-order valence-corrected chi connectivity index (χ3v) is 4.46. The molecule has 25 heavy (non-hydrogen) atoms. The zero-order valence-electron chi connectivity index (χ0n) is 14.1. The molecule has 3 rings (SSSR count). The van der Waals surface area contributed by atoms with Crippen molar-refractivity contribution in [2.45, 2.75) is 50.6 Å². The summed E-state index contributed by atoms with van der Waals surface area (Å²) in [6, 6.07) is -0.526. The Kier molecular flexibility index (Phi) is 5.42. The van der Waals surface area contributed by atoms with Crippen LogP contribution in [0.1, 0.15) is 54.3 Å². The van der Waals surface area contributed by atoms with E-state index in [1.54, 1.807) is 17.1 Å². The van der Waals surface area contributed by atoms with Crippen LogP contribution < -0.4 is 5.32 Å². The zero-order chi connectivity index (χ0) is 17.6. The van der Waals surface area contributed by atoms with Gasteiger partial charge in [-0.25, -0.2) is 14.5 Å². The van der Waals surface area contributed by atoms with Gasteiger partial charge in [-0.05, 0) is 12.8 Å². The summed E-state index contributed by atoms with van der Waals surface area (Å²) in [5.41, 5.74) is 0.922. The van der Waals surface area contributed by atoms with E-state index in [0.29, 0.717) is 6.04 Å². The Bertz CT molecular complexity index is 705. The fraction of sp³-hybridized carbons (Fsp3) is 0.562. The highest BCUT2D eigenvalue weighted by atomic mass is 16.5. The van der Waals surface area contributed by atoms with Crippen LogP contribution in [0, 0.1) is 0 Å². The fourth-order valence-corrected chi connectivity index (χ4v) is 3.09. The average molecular weight is 346 g/mol. The average Bonchev–Trinajstić information content (AvgIpc) is 3.33. The molecule has 1 atom stereocenters. The van der Waals surface area contributed by atoms with Crippen molar-refractivity contribution in [2.75, 3.05) is 7.11 Å². The van der Waals surface area contributed by atoms with Crippen LogP contribution in [0.15, 0.2) is 18.7 Å². The van der Waals surface area contributed by atoms with E-state index in [1.165, 1.54) is 32.7 Å². The van der Waals surface area contributed by atoms with Gasteiger partial charge in [0.05, 0.1) is 25.7 Å². The molecule has 0 unspecified atom stereocenters. The molecule has 0 spiro atoms. The van der Waals surface area contributed by atoms with Crippen LogP contribution in [0.25, 0.3) is 0 Å². The molecule has 1 amide bonds. The molecule has 1 aliphatic carbocycles. The number of nitrogens with one attached hydrogen (secondary N) is 2. The number of nitrogens with zero attached hydrogens (tertiary/aromatic N) is 4. The van der Waals surface area contributed by atoms with Gasteiger partial charge in [0, 0.05) is 18.3 Å².